The highest BCUT2D eigenvalue weighted by Crippen LogP contribution is 2.17. The quantitative estimate of drug-likeness (QED) is 0.778. The smallest absolute Gasteiger partial charge is 0.0491 e. The number of ether oxygens (including phenoxy) is 1. The zero-order chi connectivity index (χ0) is 13.5. The molecule has 1 fully saturated rings. The normalized spacial score (nSPS) is 18.0. The molecule has 19 heavy (non-hydrogen) atoms. The van der Waals surface area contributed by atoms with Crippen molar-refractivity contribution in [1.29, 1.82) is 0 Å². The number of thiophene rings is 1. The fourth-order valence-corrected chi connectivity index (χ4v) is 3.50. The van der Waals surface area contributed by atoms with E-state index in [1.165, 1.54) is 42.2 Å². The summed E-state index contributed by atoms with van der Waals surface area (Å²) in [6, 6.07) is 4.42. The Morgan fingerprint density at radius 3 is 2.79 bits per heavy atom. The van der Waals surface area contributed by atoms with Gasteiger partial charge >= 0.3 is 0 Å². The van der Waals surface area contributed by atoms with Crippen molar-refractivity contribution in [2.24, 2.45) is 5.92 Å². The molecule has 0 amide bonds. The predicted molar refractivity (Wildman–Crippen MR) is 81.8 cm³/mol. The molecule has 2 heterocycles. The first-order valence-electron chi connectivity index (χ1n) is 7.25. The zero-order valence-electron chi connectivity index (χ0n) is 12.2. The van der Waals surface area contributed by atoms with Crippen molar-refractivity contribution in [3.05, 3.63) is 21.9 Å². The highest BCUT2D eigenvalue weighted by Gasteiger charge is 2.18. The van der Waals surface area contributed by atoms with E-state index in [4.69, 9.17) is 4.74 Å². The maximum atomic E-state index is 5.24. The van der Waals surface area contributed by atoms with Crippen molar-refractivity contribution in [1.82, 2.24) is 10.2 Å². The summed E-state index contributed by atoms with van der Waals surface area (Å²) >= 11 is 1.89. The Morgan fingerprint density at radius 1 is 1.37 bits per heavy atom. The summed E-state index contributed by atoms with van der Waals surface area (Å²) in [4.78, 5) is 5.41. The summed E-state index contributed by atoms with van der Waals surface area (Å²) < 4.78 is 5.24. The van der Waals surface area contributed by atoms with E-state index >= 15 is 0 Å². The van der Waals surface area contributed by atoms with Gasteiger partial charge in [0.05, 0.1) is 0 Å². The Balaban J connectivity index is 1.54. The number of nitrogens with one attached hydrogen (secondary N) is 1. The second-order valence-corrected chi connectivity index (χ2v) is 6.80. The molecule has 1 aliphatic rings. The Labute approximate surface area is 121 Å². The lowest BCUT2D eigenvalue weighted by atomic mass is 9.98. The van der Waals surface area contributed by atoms with Crippen molar-refractivity contribution in [2.75, 3.05) is 39.9 Å². The number of rotatable bonds is 7. The van der Waals surface area contributed by atoms with E-state index in [1.54, 1.807) is 0 Å². The average Bonchev–Trinajstić information content (AvgIpc) is 2.83. The van der Waals surface area contributed by atoms with Gasteiger partial charge in [0.1, 0.15) is 0 Å². The summed E-state index contributed by atoms with van der Waals surface area (Å²) in [6.45, 7) is 8.83. The molecule has 0 aliphatic carbocycles. The molecule has 0 radical (unpaired) electrons. The Kier molecular flexibility index (Phi) is 6.31. The number of hydrogen-bond donors (Lipinski definition) is 1. The van der Waals surface area contributed by atoms with Gasteiger partial charge in [0.15, 0.2) is 0 Å². The Morgan fingerprint density at radius 2 is 2.16 bits per heavy atom. The monoisotopic (exact) mass is 282 g/mol. The standard InChI is InChI=1S/C15H26N2OS/c1-13-3-4-15(19-13)11-16-7-10-17-8-5-14(6-9-17)12-18-2/h3-4,14,16H,5-12H2,1-2H3. The minimum Gasteiger partial charge on any atom is -0.384 e. The highest BCUT2D eigenvalue weighted by molar-refractivity contribution is 7.11. The third-order valence-corrected chi connectivity index (χ3v) is 4.81. The molecule has 0 spiro atoms. The molecule has 0 atom stereocenters. The van der Waals surface area contributed by atoms with Crippen molar-refractivity contribution in [3.8, 4) is 0 Å². The first-order valence-corrected chi connectivity index (χ1v) is 8.07. The molecular formula is C15H26N2OS. The van der Waals surface area contributed by atoms with Gasteiger partial charge in [0, 0.05) is 43.1 Å². The number of piperidine rings is 1. The summed E-state index contributed by atoms with van der Waals surface area (Å²) in [5.74, 6) is 0.781. The van der Waals surface area contributed by atoms with Gasteiger partial charge in [0.25, 0.3) is 0 Å². The molecule has 0 saturated carbocycles. The van der Waals surface area contributed by atoms with Gasteiger partial charge in [0.2, 0.25) is 0 Å². The fourth-order valence-electron chi connectivity index (χ4n) is 2.64. The van der Waals surface area contributed by atoms with Crippen LogP contribution in [0.3, 0.4) is 0 Å². The van der Waals surface area contributed by atoms with Crippen LogP contribution in [0, 0.1) is 12.8 Å². The van der Waals surface area contributed by atoms with E-state index in [9.17, 15) is 0 Å². The van der Waals surface area contributed by atoms with E-state index in [0.717, 1.165) is 25.6 Å². The van der Waals surface area contributed by atoms with Crippen LogP contribution in [-0.2, 0) is 11.3 Å². The topological polar surface area (TPSA) is 24.5 Å². The van der Waals surface area contributed by atoms with Crippen molar-refractivity contribution in [3.63, 3.8) is 0 Å². The van der Waals surface area contributed by atoms with Gasteiger partial charge in [-0.25, -0.2) is 0 Å². The SMILES string of the molecule is COCC1CCN(CCNCc2ccc(C)s2)CC1. The first kappa shape index (κ1) is 15.0. The van der Waals surface area contributed by atoms with Gasteiger partial charge in [-0.2, -0.15) is 0 Å². The molecule has 1 N–H and O–H groups in total. The van der Waals surface area contributed by atoms with E-state index in [0.29, 0.717) is 0 Å². The number of methoxy groups -OCH3 is 1. The lowest BCUT2D eigenvalue weighted by molar-refractivity contribution is 0.0998. The summed E-state index contributed by atoms with van der Waals surface area (Å²) in [5.41, 5.74) is 0. The molecule has 0 bridgehead atoms. The second-order valence-electron chi connectivity index (χ2n) is 5.43. The maximum absolute atomic E-state index is 5.24. The van der Waals surface area contributed by atoms with Crippen LogP contribution >= 0.6 is 11.3 Å². The average molecular weight is 282 g/mol. The third kappa shape index (κ3) is 5.22. The molecule has 1 aromatic rings. The molecule has 1 saturated heterocycles. The summed E-state index contributed by atoms with van der Waals surface area (Å²) in [7, 11) is 1.81. The molecule has 1 aromatic heterocycles. The van der Waals surface area contributed by atoms with Crippen molar-refractivity contribution in [2.45, 2.75) is 26.3 Å². The number of aryl methyl sites for hydroxylation is 1. The second kappa shape index (κ2) is 8.00. The largest absolute Gasteiger partial charge is 0.384 e. The van der Waals surface area contributed by atoms with Crippen molar-refractivity contribution < 1.29 is 4.74 Å². The highest BCUT2D eigenvalue weighted by atomic mass is 32.1. The third-order valence-electron chi connectivity index (χ3n) is 3.81. The molecule has 3 nitrogen and oxygen atoms in total. The summed E-state index contributed by atoms with van der Waals surface area (Å²) in [6.07, 6.45) is 2.58. The van der Waals surface area contributed by atoms with Crippen LogP contribution in [-0.4, -0.2) is 44.8 Å². The summed E-state index contributed by atoms with van der Waals surface area (Å²) in [5, 5.41) is 3.54. The van der Waals surface area contributed by atoms with Gasteiger partial charge in [-0.15, -0.1) is 11.3 Å². The Hall–Kier alpha value is -0.420. The van der Waals surface area contributed by atoms with Crippen LogP contribution in [0.1, 0.15) is 22.6 Å². The van der Waals surface area contributed by atoms with Crippen LogP contribution < -0.4 is 5.32 Å². The zero-order valence-corrected chi connectivity index (χ0v) is 13.0. The van der Waals surface area contributed by atoms with Gasteiger partial charge in [-0.3, -0.25) is 0 Å². The van der Waals surface area contributed by atoms with Crippen LogP contribution in [0.4, 0.5) is 0 Å². The van der Waals surface area contributed by atoms with Crippen LogP contribution in [0.15, 0.2) is 12.1 Å². The first-order chi connectivity index (χ1) is 9.28. The van der Waals surface area contributed by atoms with E-state index in [2.05, 4.69) is 29.3 Å². The van der Waals surface area contributed by atoms with Crippen molar-refractivity contribution >= 4 is 11.3 Å². The molecule has 1 aliphatic heterocycles. The maximum Gasteiger partial charge on any atom is 0.0491 e. The minimum absolute atomic E-state index is 0.781. The molecule has 4 heteroatoms. The van der Waals surface area contributed by atoms with Crippen LogP contribution in [0.5, 0.6) is 0 Å². The molecular weight excluding hydrogens is 256 g/mol. The molecule has 108 valence electrons. The number of nitrogens with zero attached hydrogens (tertiary/aromatic N) is 1. The van der Waals surface area contributed by atoms with Gasteiger partial charge < -0.3 is 15.0 Å². The van der Waals surface area contributed by atoms with Gasteiger partial charge in [-0.1, -0.05) is 0 Å². The number of likely N-dealkylation sites (tertiary alicyclic amines) is 1. The van der Waals surface area contributed by atoms with Gasteiger partial charge in [-0.05, 0) is 50.9 Å². The molecule has 0 unspecified atom stereocenters. The lowest BCUT2D eigenvalue weighted by Gasteiger charge is -2.31. The predicted octanol–water partition coefficient (Wildman–Crippen LogP) is 2.50. The Bertz CT molecular complexity index is 359. The van der Waals surface area contributed by atoms with Crippen LogP contribution in [0.25, 0.3) is 0 Å². The number of hydrogen-bond acceptors (Lipinski definition) is 4. The molecule has 0 aromatic carbocycles. The van der Waals surface area contributed by atoms with E-state index in [1.807, 2.05) is 18.4 Å². The lowest BCUT2D eigenvalue weighted by Crippen LogP contribution is -2.38. The van der Waals surface area contributed by atoms with Crippen LogP contribution in [0.2, 0.25) is 0 Å². The fraction of sp³-hybridized carbons (Fsp3) is 0.733. The van der Waals surface area contributed by atoms with E-state index in [-0.39, 0.29) is 0 Å². The molecule has 2 rings (SSSR count). The van der Waals surface area contributed by atoms with E-state index < -0.39 is 0 Å². The minimum atomic E-state index is 0.781.